The number of aliphatic imine (C=N–C) groups is 1. The van der Waals surface area contributed by atoms with Crippen LogP contribution in [0, 0.1) is 11.8 Å². The van der Waals surface area contributed by atoms with Gasteiger partial charge in [0, 0.05) is 29.4 Å². The zero-order chi connectivity index (χ0) is 26.9. The second-order valence-corrected chi connectivity index (χ2v) is 10.6. The number of carboxylic acids is 1. The van der Waals surface area contributed by atoms with Crippen molar-refractivity contribution >= 4 is 52.2 Å². The fourth-order valence-electron chi connectivity index (χ4n) is 4.39. The number of nitrogens with zero attached hydrogens (tertiary/aromatic N) is 1. The smallest absolute Gasteiger partial charge is 0.303 e. The summed E-state index contributed by atoms with van der Waals surface area (Å²) in [5.74, 6) is 0.0138. The fraction of sp³-hybridized carbons (Fsp3) is 0.414. The first-order valence-electron chi connectivity index (χ1n) is 12.6. The van der Waals surface area contributed by atoms with Crippen LogP contribution in [0.25, 0.3) is 0 Å². The van der Waals surface area contributed by atoms with Crippen LogP contribution in [0.5, 0.6) is 0 Å². The highest BCUT2D eigenvalue weighted by molar-refractivity contribution is 6.30. The van der Waals surface area contributed by atoms with E-state index in [1.54, 1.807) is 6.07 Å². The molecule has 2 aromatic rings. The number of rotatable bonds is 12. The molecule has 8 heteroatoms. The number of amides is 1. The molecule has 0 saturated carbocycles. The highest BCUT2D eigenvalue weighted by Gasteiger charge is 2.25. The van der Waals surface area contributed by atoms with Gasteiger partial charge in [-0.25, -0.2) is 4.99 Å². The lowest BCUT2D eigenvalue weighted by molar-refractivity contribution is -0.138. The zero-order valence-electron chi connectivity index (χ0n) is 21.6. The highest BCUT2D eigenvalue weighted by Crippen LogP contribution is 2.34. The van der Waals surface area contributed by atoms with Gasteiger partial charge < -0.3 is 15.7 Å². The van der Waals surface area contributed by atoms with Crippen molar-refractivity contribution in [2.24, 2.45) is 16.8 Å². The Morgan fingerprint density at radius 2 is 1.86 bits per heavy atom. The van der Waals surface area contributed by atoms with Crippen molar-refractivity contribution in [1.82, 2.24) is 5.32 Å². The topological polar surface area (TPSA) is 90.8 Å². The van der Waals surface area contributed by atoms with Crippen LogP contribution in [-0.2, 0) is 4.79 Å². The third-order valence-electron chi connectivity index (χ3n) is 6.53. The molecule has 1 aliphatic heterocycles. The van der Waals surface area contributed by atoms with Gasteiger partial charge in [0.05, 0.1) is 23.1 Å². The number of alkyl halides is 1. The Labute approximate surface area is 229 Å². The number of nitrogens with one attached hydrogen (secondary N) is 2. The first-order chi connectivity index (χ1) is 17.7. The first kappa shape index (κ1) is 28.7. The third kappa shape index (κ3) is 8.34. The summed E-state index contributed by atoms with van der Waals surface area (Å²) in [6.07, 6.45) is 4.42. The monoisotopic (exact) mass is 543 g/mol. The molecule has 3 N–H and O–H groups in total. The lowest BCUT2D eigenvalue weighted by Gasteiger charge is -2.28. The van der Waals surface area contributed by atoms with Crippen LogP contribution in [0.2, 0.25) is 5.02 Å². The van der Waals surface area contributed by atoms with Crippen LogP contribution in [0.3, 0.4) is 0 Å². The Morgan fingerprint density at radius 3 is 2.51 bits per heavy atom. The normalized spacial score (nSPS) is 16.7. The maximum atomic E-state index is 12.9. The van der Waals surface area contributed by atoms with E-state index in [4.69, 9.17) is 33.3 Å². The first-order valence-corrected chi connectivity index (χ1v) is 13.6. The number of hydrogen-bond acceptors (Lipinski definition) is 4. The van der Waals surface area contributed by atoms with E-state index in [-0.39, 0.29) is 24.3 Å². The molecular weight excluding hydrogens is 509 g/mol. The van der Waals surface area contributed by atoms with Crippen molar-refractivity contribution in [3.8, 4) is 0 Å². The summed E-state index contributed by atoms with van der Waals surface area (Å²) >= 11 is 12.0. The lowest BCUT2D eigenvalue weighted by Crippen LogP contribution is -2.33. The molecule has 0 fully saturated rings. The van der Waals surface area contributed by atoms with E-state index in [9.17, 15) is 9.59 Å². The van der Waals surface area contributed by atoms with Crippen LogP contribution >= 0.6 is 23.2 Å². The molecule has 37 heavy (non-hydrogen) atoms. The summed E-state index contributed by atoms with van der Waals surface area (Å²) in [6, 6.07) is 12.9. The number of carboxylic acid groups (broad SMARTS) is 1. The summed E-state index contributed by atoms with van der Waals surface area (Å²) in [5, 5.41) is 16.4. The van der Waals surface area contributed by atoms with Crippen molar-refractivity contribution < 1.29 is 14.7 Å². The Morgan fingerprint density at radius 1 is 1.14 bits per heavy atom. The summed E-state index contributed by atoms with van der Waals surface area (Å²) < 4.78 is 0. The minimum atomic E-state index is -0.796. The number of benzene rings is 2. The van der Waals surface area contributed by atoms with Crippen molar-refractivity contribution in [2.75, 3.05) is 17.7 Å². The Kier molecular flexibility index (Phi) is 10.6. The molecule has 0 spiro atoms. The average molecular weight is 545 g/mol. The number of carbonyl (C=O) groups is 2. The van der Waals surface area contributed by atoms with E-state index in [1.807, 2.05) is 56.3 Å². The van der Waals surface area contributed by atoms with Crippen LogP contribution in [-0.4, -0.2) is 41.2 Å². The maximum absolute atomic E-state index is 12.9. The summed E-state index contributed by atoms with van der Waals surface area (Å²) in [6.45, 7) is 6.48. The molecule has 3 unspecified atom stereocenters. The number of hydrogen-bond donors (Lipinski definition) is 3. The number of carbonyl (C=O) groups excluding carboxylic acids is 1. The molecule has 0 aromatic heterocycles. The van der Waals surface area contributed by atoms with E-state index in [0.29, 0.717) is 35.3 Å². The van der Waals surface area contributed by atoms with Crippen LogP contribution in [0.1, 0.15) is 62.4 Å². The molecule has 1 heterocycles. The van der Waals surface area contributed by atoms with Gasteiger partial charge in [0.2, 0.25) is 0 Å². The van der Waals surface area contributed by atoms with Crippen LogP contribution in [0.15, 0.2) is 59.1 Å². The highest BCUT2D eigenvalue weighted by atomic mass is 35.5. The minimum absolute atomic E-state index is 0.0339. The summed E-state index contributed by atoms with van der Waals surface area (Å²) in [7, 11) is 0. The quantitative estimate of drug-likeness (QED) is 0.197. The molecule has 0 radical (unpaired) electrons. The molecule has 0 saturated heterocycles. The van der Waals surface area contributed by atoms with Gasteiger partial charge in [0.1, 0.15) is 0 Å². The van der Waals surface area contributed by atoms with Crippen molar-refractivity contribution in [2.45, 2.75) is 52.5 Å². The van der Waals surface area contributed by atoms with Gasteiger partial charge in [-0.3, -0.25) is 9.59 Å². The summed E-state index contributed by atoms with van der Waals surface area (Å²) in [4.78, 5) is 29.0. The molecule has 1 aliphatic rings. The Hall–Kier alpha value is -2.83. The van der Waals surface area contributed by atoms with Gasteiger partial charge in [0.25, 0.3) is 5.91 Å². The van der Waals surface area contributed by atoms with E-state index >= 15 is 0 Å². The molecule has 3 rings (SSSR count). The van der Waals surface area contributed by atoms with Crippen molar-refractivity contribution in [3.63, 3.8) is 0 Å². The molecule has 3 atom stereocenters. The number of allylic oxidation sites excluding steroid dienone is 1. The fourth-order valence-corrected chi connectivity index (χ4v) is 4.63. The number of anilines is 1. The molecule has 6 nitrogen and oxygen atoms in total. The SMILES string of the molecule is C/C=C(/CNC(=O)c1ccc2c(c1)NC(CCC(C)CC(=O)O)C(c1ccc(Cl)cc1)=N2)CC(C)CCl. The second kappa shape index (κ2) is 13.6. The third-order valence-corrected chi connectivity index (χ3v) is 7.31. The zero-order valence-corrected chi connectivity index (χ0v) is 23.1. The maximum Gasteiger partial charge on any atom is 0.303 e. The van der Waals surface area contributed by atoms with Crippen LogP contribution in [0.4, 0.5) is 11.4 Å². The summed E-state index contributed by atoms with van der Waals surface area (Å²) in [5.41, 5.74) is 5.05. The van der Waals surface area contributed by atoms with Gasteiger partial charge in [-0.05, 0) is 73.9 Å². The molecule has 1 amide bonds. The molecule has 0 bridgehead atoms. The van der Waals surface area contributed by atoms with Gasteiger partial charge in [0.15, 0.2) is 0 Å². The largest absolute Gasteiger partial charge is 0.481 e. The van der Waals surface area contributed by atoms with E-state index < -0.39 is 5.97 Å². The predicted molar refractivity (Wildman–Crippen MR) is 153 cm³/mol. The van der Waals surface area contributed by atoms with Gasteiger partial charge in [-0.2, -0.15) is 0 Å². The molecule has 0 aliphatic carbocycles. The minimum Gasteiger partial charge on any atom is -0.481 e. The molecule has 198 valence electrons. The van der Waals surface area contributed by atoms with Gasteiger partial charge in [-0.1, -0.05) is 49.2 Å². The van der Waals surface area contributed by atoms with Gasteiger partial charge in [-0.15, -0.1) is 11.6 Å². The Bertz CT molecular complexity index is 1160. The van der Waals surface area contributed by atoms with Crippen molar-refractivity contribution in [3.05, 3.63) is 70.3 Å². The Balaban J connectivity index is 1.80. The van der Waals surface area contributed by atoms with Gasteiger partial charge >= 0.3 is 5.97 Å². The second-order valence-electron chi connectivity index (χ2n) is 9.81. The van der Waals surface area contributed by atoms with E-state index in [0.717, 1.165) is 41.1 Å². The predicted octanol–water partition coefficient (Wildman–Crippen LogP) is 7.09. The number of fused-ring (bicyclic) bond motifs is 1. The number of aliphatic carboxylic acids is 1. The number of halogens is 2. The van der Waals surface area contributed by atoms with Crippen LogP contribution < -0.4 is 10.6 Å². The van der Waals surface area contributed by atoms with Crippen molar-refractivity contribution in [1.29, 1.82) is 0 Å². The lowest BCUT2D eigenvalue weighted by atomic mass is 9.92. The molecular formula is C29H35Cl2N3O3. The standard InChI is InChI=1S/C29H35Cl2N3O3/c1-4-20(13-19(3)16-30)17-32-29(37)22-8-12-24-26(15-22)33-25(11-5-18(2)14-27(35)36)28(34-24)21-6-9-23(31)10-7-21/h4,6-10,12,15,18-19,25,33H,5,11,13-14,16-17H2,1-3H3,(H,32,37)(H,35,36)/b20-4+. The average Bonchev–Trinajstić information content (AvgIpc) is 2.88. The van der Waals surface area contributed by atoms with E-state index in [2.05, 4.69) is 17.6 Å². The van der Waals surface area contributed by atoms with E-state index in [1.165, 1.54) is 0 Å². The molecule has 2 aromatic carbocycles.